The van der Waals surface area contributed by atoms with Gasteiger partial charge in [0, 0.05) is 25.0 Å². The van der Waals surface area contributed by atoms with Gasteiger partial charge in [0.05, 0.1) is 27.4 Å². The molecule has 7 nitrogen and oxygen atoms in total. The summed E-state index contributed by atoms with van der Waals surface area (Å²) in [5.74, 6) is 1.24. The number of benzene rings is 1. The highest BCUT2D eigenvalue weighted by Gasteiger charge is 2.26. The Morgan fingerprint density at radius 1 is 1.19 bits per heavy atom. The molecule has 1 fully saturated rings. The molecule has 1 atom stereocenters. The first-order valence-corrected chi connectivity index (χ1v) is 10.5. The van der Waals surface area contributed by atoms with Crippen LogP contribution in [0.3, 0.4) is 0 Å². The summed E-state index contributed by atoms with van der Waals surface area (Å²) >= 11 is 5.55. The van der Waals surface area contributed by atoms with Crippen LogP contribution in [0.1, 0.15) is 36.4 Å². The lowest BCUT2D eigenvalue weighted by atomic mass is 9.97. The number of rotatable bonds is 6. The summed E-state index contributed by atoms with van der Waals surface area (Å²) < 4.78 is 16.0. The van der Waals surface area contributed by atoms with Crippen molar-refractivity contribution in [1.29, 1.82) is 0 Å². The molecule has 1 N–H and O–H groups in total. The van der Waals surface area contributed by atoms with Gasteiger partial charge in [-0.2, -0.15) is 0 Å². The molecule has 1 aromatic carbocycles. The van der Waals surface area contributed by atoms with Crippen LogP contribution in [0, 0.1) is 0 Å². The number of nitrogens with one attached hydrogen (secondary N) is 1. The maximum Gasteiger partial charge on any atom is 0.250 e. The number of hydrogen-bond donors (Lipinski definition) is 1. The minimum Gasteiger partial charge on any atom is -0.493 e. The van der Waals surface area contributed by atoms with E-state index in [1.54, 1.807) is 45.7 Å². The Bertz CT molecular complexity index is 924. The van der Waals surface area contributed by atoms with Crippen molar-refractivity contribution in [2.45, 2.75) is 25.3 Å². The lowest BCUT2D eigenvalue weighted by Crippen LogP contribution is -2.46. The molecule has 1 aromatic heterocycles. The van der Waals surface area contributed by atoms with Crippen molar-refractivity contribution in [3.8, 4) is 17.2 Å². The third-order valence-electron chi connectivity index (χ3n) is 5.18. The summed E-state index contributed by atoms with van der Waals surface area (Å²) in [5.41, 5.74) is 1.84. The first-order chi connectivity index (χ1) is 15.1. The fraction of sp³-hybridized carbons (Fsp3) is 0.348. The molecule has 1 aliphatic rings. The molecule has 31 heavy (non-hydrogen) atoms. The predicted molar refractivity (Wildman–Crippen MR) is 123 cm³/mol. The van der Waals surface area contributed by atoms with Crippen LogP contribution >= 0.6 is 12.2 Å². The molecular formula is C23H27N3O4S. The highest BCUT2D eigenvalue weighted by Crippen LogP contribution is 2.38. The van der Waals surface area contributed by atoms with Crippen molar-refractivity contribution >= 4 is 29.3 Å². The van der Waals surface area contributed by atoms with Crippen LogP contribution < -0.4 is 19.5 Å². The molecule has 0 spiro atoms. The number of pyridine rings is 1. The summed E-state index contributed by atoms with van der Waals surface area (Å²) in [4.78, 5) is 18.8. The fourth-order valence-electron chi connectivity index (χ4n) is 3.68. The Morgan fingerprint density at radius 3 is 2.55 bits per heavy atom. The molecule has 2 heterocycles. The molecule has 0 saturated carbocycles. The SMILES string of the molecule is COc1cc(C=CC(=O)NC(=S)N2CCCCC2c2cccnc2)cc(OC)c1OC. The smallest absolute Gasteiger partial charge is 0.250 e. The minimum atomic E-state index is -0.297. The van der Waals surface area contributed by atoms with Crippen LogP contribution in [-0.4, -0.2) is 48.8 Å². The summed E-state index contributed by atoms with van der Waals surface area (Å²) in [6, 6.07) is 7.63. The van der Waals surface area contributed by atoms with E-state index in [1.807, 2.05) is 18.3 Å². The summed E-state index contributed by atoms with van der Waals surface area (Å²) in [5, 5.41) is 3.25. The van der Waals surface area contributed by atoms with Crippen molar-refractivity contribution in [2.24, 2.45) is 0 Å². The number of nitrogens with zero attached hydrogens (tertiary/aromatic N) is 2. The number of hydrogen-bond acceptors (Lipinski definition) is 6. The maximum atomic E-state index is 12.5. The molecule has 8 heteroatoms. The van der Waals surface area contributed by atoms with Gasteiger partial charge in [-0.05, 0) is 66.9 Å². The molecule has 2 aromatic rings. The largest absolute Gasteiger partial charge is 0.493 e. The number of likely N-dealkylation sites (tertiary alicyclic amines) is 1. The van der Waals surface area contributed by atoms with Gasteiger partial charge in [-0.3, -0.25) is 15.1 Å². The van der Waals surface area contributed by atoms with E-state index in [2.05, 4.69) is 15.2 Å². The molecule has 3 rings (SSSR count). The van der Waals surface area contributed by atoms with Gasteiger partial charge in [-0.15, -0.1) is 0 Å². The summed E-state index contributed by atoms with van der Waals surface area (Å²) in [7, 11) is 4.64. The normalized spacial score (nSPS) is 16.1. The van der Waals surface area contributed by atoms with E-state index >= 15 is 0 Å². The van der Waals surface area contributed by atoms with E-state index in [-0.39, 0.29) is 11.9 Å². The molecule has 164 valence electrons. The number of carbonyl (C=O) groups is 1. The molecule has 1 amide bonds. The Kier molecular flexibility index (Phi) is 7.83. The van der Waals surface area contributed by atoms with Gasteiger partial charge in [0.2, 0.25) is 11.7 Å². The van der Waals surface area contributed by atoms with Gasteiger partial charge in [-0.1, -0.05) is 6.07 Å². The lowest BCUT2D eigenvalue weighted by molar-refractivity contribution is -0.115. The first kappa shape index (κ1) is 22.6. The van der Waals surface area contributed by atoms with E-state index in [9.17, 15) is 4.79 Å². The van der Waals surface area contributed by atoms with Gasteiger partial charge in [-0.25, -0.2) is 0 Å². The molecule has 1 aliphatic heterocycles. The van der Waals surface area contributed by atoms with Crippen LogP contribution in [-0.2, 0) is 4.79 Å². The van der Waals surface area contributed by atoms with Crippen molar-refractivity contribution in [2.75, 3.05) is 27.9 Å². The second-order valence-corrected chi connectivity index (χ2v) is 7.46. The standard InChI is InChI=1S/C23H27N3O4S/c1-28-19-13-16(14-20(29-2)22(19)30-3)9-10-21(27)25-23(31)26-12-5-4-8-18(26)17-7-6-11-24-15-17/h6-7,9-11,13-15,18H,4-5,8,12H2,1-3H3,(H,25,27,31). The van der Waals surface area contributed by atoms with Crippen LogP contribution in [0.15, 0.2) is 42.7 Å². The Labute approximate surface area is 188 Å². The quantitative estimate of drug-likeness (QED) is 0.541. The van der Waals surface area contributed by atoms with Gasteiger partial charge >= 0.3 is 0 Å². The van der Waals surface area contributed by atoms with Crippen molar-refractivity contribution in [1.82, 2.24) is 15.2 Å². The fourth-order valence-corrected chi connectivity index (χ4v) is 4.00. The van der Waals surface area contributed by atoms with E-state index in [0.29, 0.717) is 22.4 Å². The van der Waals surface area contributed by atoms with Gasteiger partial charge < -0.3 is 19.1 Å². The second kappa shape index (κ2) is 10.8. The molecule has 1 unspecified atom stereocenters. The first-order valence-electron chi connectivity index (χ1n) is 10.1. The van der Waals surface area contributed by atoms with E-state index in [0.717, 1.165) is 36.9 Å². The molecular weight excluding hydrogens is 414 g/mol. The lowest BCUT2D eigenvalue weighted by Gasteiger charge is -2.37. The third kappa shape index (κ3) is 5.52. The summed E-state index contributed by atoms with van der Waals surface area (Å²) in [6.45, 7) is 0.801. The predicted octanol–water partition coefficient (Wildman–Crippen LogP) is 3.75. The number of thiocarbonyl (C=S) groups is 1. The topological polar surface area (TPSA) is 72.9 Å². The third-order valence-corrected chi connectivity index (χ3v) is 5.51. The van der Waals surface area contributed by atoms with E-state index in [1.165, 1.54) is 6.08 Å². The van der Waals surface area contributed by atoms with Gasteiger partial charge in [0.15, 0.2) is 16.6 Å². The van der Waals surface area contributed by atoms with Crippen LogP contribution in [0.4, 0.5) is 0 Å². The van der Waals surface area contributed by atoms with Gasteiger partial charge in [0.1, 0.15) is 0 Å². The zero-order valence-electron chi connectivity index (χ0n) is 18.0. The van der Waals surface area contributed by atoms with E-state index in [4.69, 9.17) is 26.4 Å². The number of carbonyl (C=O) groups excluding carboxylic acids is 1. The zero-order valence-corrected chi connectivity index (χ0v) is 18.8. The highest BCUT2D eigenvalue weighted by atomic mass is 32.1. The number of aromatic nitrogens is 1. The highest BCUT2D eigenvalue weighted by molar-refractivity contribution is 7.80. The number of amides is 1. The Hall–Kier alpha value is -3.13. The molecule has 0 aliphatic carbocycles. The van der Waals surface area contributed by atoms with E-state index < -0.39 is 0 Å². The Morgan fingerprint density at radius 2 is 1.94 bits per heavy atom. The van der Waals surface area contributed by atoms with Crippen LogP contribution in [0.25, 0.3) is 6.08 Å². The zero-order chi connectivity index (χ0) is 22.2. The Balaban J connectivity index is 1.70. The number of ether oxygens (including phenoxy) is 3. The molecule has 0 bridgehead atoms. The van der Waals surface area contributed by atoms with Crippen LogP contribution in [0.5, 0.6) is 17.2 Å². The monoisotopic (exact) mass is 441 g/mol. The van der Waals surface area contributed by atoms with Crippen molar-refractivity contribution < 1.29 is 19.0 Å². The van der Waals surface area contributed by atoms with Crippen LogP contribution in [0.2, 0.25) is 0 Å². The summed E-state index contributed by atoms with van der Waals surface area (Å²) in [6.07, 6.45) is 9.86. The number of piperidine rings is 1. The van der Waals surface area contributed by atoms with Crippen molar-refractivity contribution in [3.05, 3.63) is 53.9 Å². The number of methoxy groups -OCH3 is 3. The molecule has 0 radical (unpaired) electrons. The minimum absolute atomic E-state index is 0.120. The maximum absolute atomic E-state index is 12.5. The molecule has 1 saturated heterocycles. The average Bonchev–Trinajstić information content (AvgIpc) is 2.82. The van der Waals surface area contributed by atoms with Crippen molar-refractivity contribution in [3.63, 3.8) is 0 Å². The van der Waals surface area contributed by atoms with Gasteiger partial charge in [0.25, 0.3) is 0 Å². The second-order valence-electron chi connectivity index (χ2n) is 7.08. The average molecular weight is 442 g/mol.